The summed E-state index contributed by atoms with van der Waals surface area (Å²) in [6, 6.07) is -0.833. The standard InChI is InChI=1S/C5H8O2.C2H4.CH4N2O/c1-3-5(6)7-4-2;1-2;2-1(3)4/h3H,1,4H2,2H3;1-2H2;(H4,2,3,4). The number of urea groups is 1. The average molecular weight is 188 g/mol. The molecule has 0 aliphatic carbocycles. The van der Waals surface area contributed by atoms with Gasteiger partial charge in [-0.1, -0.05) is 6.58 Å². The number of primary amides is 2. The molecule has 13 heavy (non-hydrogen) atoms. The van der Waals surface area contributed by atoms with Gasteiger partial charge in [-0.15, -0.1) is 13.2 Å². The van der Waals surface area contributed by atoms with Crippen molar-refractivity contribution in [1.82, 2.24) is 0 Å². The maximum Gasteiger partial charge on any atom is 0.330 e. The fourth-order valence-corrected chi connectivity index (χ4v) is 0.201. The van der Waals surface area contributed by atoms with Crippen LogP contribution in [0, 0.1) is 0 Å². The molecule has 0 aliphatic rings. The number of hydrogen-bond donors (Lipinski definition) is 2. The largest absolute Gasteiger partial charge is 0.463 e. The Balaban J connectivity index is -0.000000142. The number of rotatable bonds is 2. The Morgan fingerprint density at radius 1 is 1.38 bits per heavy atom. The molecule has 4 N–H and O–H groups in total. The molecule has 0 aromatic rings. The first kappa shape index (κ1) is 17.3. The highest BCUT2D eigenvalue weighted by Gasteiger charge is 1.86. The first-order chi connectivity index (χ1) is 6.04. The highest BCUT2D eigenvalue weighted by Crippen LogP contribution is 1.74. The summed E-state index contributed by atoms with van der Waals surface area (Å²) in [7, 11) is 0. The number of hydrogen-bond acceptors (Lipinski definition) is 3. The first-order valence-electron chi connectivity index (χ1n) is 3.38. The van der Waals surface area contributed by atoms with Gasteiger partial charge >= 0.3 is 12.0 Å². The summed E-state index contributed by atoms with van der Waals surface area (Å²) in [6.07, 6.45) is 1.14. The number of amides is 2. The van der Waals surface area contributed by atoms with Crippen LogP contribution in [-0.4, -0.2) is 18.6 Å². The molecule has 0 atom stereocenters. The van der Waals surface area contributed by atoms with Gasteiger partial charge in [0.2, 0.25) is 0 Å². The molecule has 0 aliphatic heterocycles. The third kappa shape index (κ3) is 66.6. The zero-order valence-electron chi connectivity index (χ0n) is 7.79. The van der Waals surface area contributed by atoms with Crippen LogP contribution in [0.4, 0.5) is 4.79 Å². The van der Waals surface area contributed by atoms with Gasteiger partial charge in [0.05, 0.1) is 6.61 Å². The smallest absolute Gasteiger partial charge is 0.330 e. The third-order valence-corrected chi connectivity index (χ3v) is 0.453. The van der Waals surface area contributed by atoms with Crippen molar-refractivity contribution < 1.29 is 14.3 Å². The summed E-state index contributed by atoms with van der Waals surface area (Å²) in [5.41, 5.74) is 8.50. The molecule has 0 heterocycles. The second-order valence-electron chi connectivity index (χ2n) is 1.36. The van der Waals surface area contributed by atoms with E-state index in [4.69, 9.17) is 4.79 Å². The Hall–Kier alpha value is -1.78. The lowest BCUT2D eigenvalue weighted by atomic mass is 10.6. The summed E-state index contributed by atoms with van der Waals surface area (Å²) >= 11 is 0. The lowest BCUT2D eigenvalue weighted by Gasteiger charge is -1.90. The van der Waals surface area contributed by atoms with E-state index in [-0.39, 0.29) is 5.97 Å². The van der Waals surface area contributed by atoms with Gasteiger partial charge in [-0.3, -0.25) is 0 Å². The SMILES string of the molecule is C=C.C=CC(=O)OCC.NC(N)=O. The van der Waals surface area contributed by atoms with Gasteiger partial charge in [0.25, 0.3) is 0 Å². The summed E-state index contributed by atoms with van der Waals surface area (Å²) < 4.78 is 4.43. The topological polar surface area (TPSA) is 95.4 Å². The molecule has 0 rings (SSSR count). The minimum atomic E-state index is -0.833. The van der Waals surface area contributed by atoms with E-state index in [0.29, 0.717) is 6.61 Å². The summed E-state index contributed by atoms with van der Waals surface area (Å²) in [5.74, 6) is -0.359. The van der Waals surface area contributed by atoms with E-state index in [1.807, 2.05) is 0 Å². The van der Waals surface area contributed by atoms with E-state index in [1.54, 1.807) is 6.92 Å². The molecular formula is C8H16N2O3. The fraction of sp³-hybridized carbons (Fsp3) is 0.250. The molecule has 0 radical (unpaired) electrons. The average Bonchev–Trinajstić information content (AvgIpc) is 2.07. The molecule has 0 fully saturated rings. The number of nitrogens with two attached hydrogens (primary N) is 2. The van der Waals surface area contributed by atoms with Crippen molar-refractivity contribution in [3.8, 4) is 0 Å². The Labute approximate surface area is 78.0 Å². The van der Waals surface area contributed by atoms with E-state index >= 15 is 0 Å². The van der Waals surface area contributed by atoms with Crippen LogP contribution >= 0.6 is 0 Å². The van der Waals surface area contributed by atoms with Crippen LogP contribution in [0.1, 0.15) is 6.92 Å². The van der Waals surface area contributed by atoms with Gasteiger partial charge in [0.15, 0.2) is 0 Å². The second-order valence-corrected chi connectivity index (χ2v) is 1.36. The van der Waals surface area contributed by atoms with Gasteiger partial charge < -0.3 is 16.2 Å². The third-order valence-electron chi connectivity index (χ3n) is 0.453. The van der Waals surface area contributed by atoms with Crippen molar-refractivity contribution in [3.63, 3.8) is 0 Å². The molecule has 0 aromatic carbocycles. The molecule has 2 amide bonds. The molecule has 0 saturated heterocycles. The molecule has 0 unspecified atom stereocenters. The maximum atomic E-state index is 10.1. The predicted octanol–water partition coefficient (Wildman–Crippen LogP) is 0.562. The maximum absolute atomic E-state index is 10.1. The fourth-order valence-electron chi connectivity index (χ4n) is 0.201. The van der Waals surface area contributed by atoms with Gasteiger partial charge in [-0.05, 0) is 6.92 Å². The monoisotopic (exact) mass is 188 g/mol. The number of carbonyl (C=O) groups is 2. The van der Waals surface area contributed by atoms with Crippen molar-refractivity contribution in [2.24, 2.45) is 11.5 Å². The Morgan fingerprint density at radius 3 is 1.77 bits per heavy atom. The molecule has 0 bridgehead atoms. The van der Waals surface area contributed by atoms with Crippen molar-refractivity contribution in [3.05, 3.63) is 25.8 Å². The number of carbonyl (C=O) groups excluding carboxylic acids is 2. The van der Waals surface area contributed by atoms with Crippen LogP contribution in [0.25, 0.3) is 0 Å². The lowest BCUT2D eigenvalue weighted by Crippen LogP contribution is -2.18. The van der Waals surface area contributed by atoms with Gasteiger partial charge in [0.1, 0.15) is 0 Å². The number of ether oxygens (including phenoxy) is 1. The summed E-state index contributed by atoms with van der Waals surface area (Å²) in [6.45, 7) is 11.4. The van der Waals surface area contributed by atoms with Gasteiger partial charge in [-0.25, -0.2) is 9.59 Å². The van der Waals surface area contributed by atoms with Crippen LogP contribution in [0.5, 0.6) is 0 Å². The molecule has 76 valence electrons. The minimum absolute atomic E-state index is 0.359. The van der Waals surface area contributed by atoms with Crippen molar-refractivity contribution in [1.29, 1.82) is 0 Å². The van der Waals surface area contributed by atoms with E-state index in [0.717, 1.165) is 6.08 Å². The summed E-state index contributed by atoms with van der Waals surface area (Å²) in [4.78, 5) is 19.1. The second kappa shape index (κ2) is 16.7. The van der Waals surface area contributed by atoms with Crippen molar-refractivity contribution in [2.75, 3.05) is 6.61 Å². The molecule has 5 nitrogen and oxygen atoms in total. The minimum Gasteiger partial charge on any atom is -0.463 e. The quantitative estimate of drug-likeness (QED) is 0.376. The zero-order valence-corrected chi connectivity index (χ0v) is 7.79. The van der Waals surface area contributed by atoms with Crippen LogP contribution in [-0.2, 0) is 9.53 Å². The van der Waals surface area contributed by atoms with Crippen molar-refractivity contribution in [2.45, 2.75) is 6.92 Å². The van der Waals surface area contributed by atoms with E-state index in [9.17, 15) is 4.79 Å². The first-order valence-corrected chi connectivity index (χ1v) is 3.38. The Kier molecular flexibility index (Phi) is 22.2. The molecule has 5 heteroatoms. The van der Waals surface area contributed by atoms with E-state index < -0.39 is 6.03 Å². The van der Waals surface area contributed by atoms with Crippen LogP contribution in [0.2, 0.25) is 0 Å². The molecule has 0 spiro atoms. The normalized spacial score (nSPS) is 6.23. The Morgan fingerprint density at radius 2 is 1.69 bits per heavy atom. The highest BCUT2D eigenvalue weighted by atomic mass is 16.5. The molecule has 0 saturated carbocycles. The molecule has 0 aromatic heterocycles. The van der Waals surface area contributed by atoms with Gasteiger partial charge in [-0.2, -0.15) is 0 Å². The highest BCUT2D eigenvalue weighted by molar-refractivity contribution is 5.81. The summed E-state index contributed by atoms with van der Waals surface area (Å²) in [5, 5.41) is 0. The predicted molar refractivity (Wildman–Crippen MR) is 51.9 cm³/mol. The van der Waals surface area contributed by atoms with E-state index in [2.05, 4.69) is 35.9 Å². The van der Waals surface area contributed by atoms with Crippen molar-refractivity contribution >= 4 is 12.0 Å². The zero-order chi connectivity index (χ0) is 11.3. The number of esters is 1. The van der Waals surface area contributed by atoms with Crippen LogP contribution in [0.3, 0.4) is 0 Å². The Bertz CT molecular complexity index is 153. The molecular weight excluding hydrogens is 172 g/mol. The van der Waals surface area contributed by atoms with E-state index in [1.165, 1.54) is 0 Å². The lowest BCUT2D eigenvalue weighted by molar-refractivity contribution is -0.137. The van der Waals surface area contributed by atoms with Gasteiger partial charge in [0, 0.05) is 6.08 Å². The van der Waals surface area contributed by atoms with Crippen LogP contribution < -0.4 is 11.5 Å². The van der Waals surface area contributed by atoms with Crippen LogP contribution in [0.15, 0.2) is 25.8 Å².